The molecule has 0 spiro atoms. The Morgan fingerprint density at radius 1 is 1.00 bits per heavy atom. The van der Waals surface area contributed by atoms with Crippen LogP contribution in [-0.2, 0) is 24.2 Å². The average Bonchev–Trinajstić information content (AvgIpc) is 3.48. The third-order valence-electron chi connectivity index (χ3n) is 6.46. The van der Waals surface area contributed by atoms with E-state index in [0.717, 1.165) is 42.4 Å². The Kier molecular flexibility index (Phi) is 6.62. The monoisotopic (exact) mass is 476 g/mol. The molecule has 1 aromatic heterocycles. The van der Waals surface area contributed by atoms with Crippen LogP contribution < -0.4 is 21.5 Å². The topological polar surface area (TPSA) is 102 Å². The zero-order valence-corrected chi connectivity index (χ0v) is 19.6. The molecule has 8 heteroatoms. The zero-order valence-electron chi connectivity index (χ0n) is 18.8. The molecule has 1 aliphatic heterocycles. The Bertz CT molecular complexity index is 1190. The number of thiophene rings is 1. The molecule has 5 N–H and O–H groups in total. The molecule has 3 aromatic rings. The summed E-state index contributed by atoms with van der Waals surface area (Å²) in [5.74, 6) is -0.143. The largest absolute Gasteiger partial charge is 0.508 e. The van der Waals surface area contributed by atoms with Crippen LogP contribution in [0.3, 0.4) is 0 Å². The van der Waals surface area contributed by atoms with Crippen molar-refractivity contribution in [2.24, 2.45) is 0 Å². The number of aromatic hydroxyl groups is 1. The number of phenols is 1. The van der Waals surface area contributed by atoms with Crippen molar-refractivity contribution in [2.75, 3.05) is 5.32 Å². The highest BCUT2D eigenvalue weighted by Crippen LogP contribution is 2.38. The standard InChI is InChI=1S/C26H28N4O3S/c31-21-12-6-4-10-17(21)19-14-20(30-29-19)24(32)28-26-23(18-11-5-7-13-22(18)34-26)25(33)27-15-16-8-2-1-3-9-16/h1-4,6,8-10,12,19-20,29-31H,5,7,11,13-15H2,(H,27,33)(H,28,32). The number of hydrogen-bond donors (Lipinski definition) is 5. The molecule has 0 radical (unpaired) electrons. The van der Waals surface area contributed by atoms with Crippen molar-refractivity contribution in [3.05, 3.63) is 81.7 Å². The maximum Gasteiger partial charge on any atom is 0.254 e. The minimum atomic E-state index is -0.482. The molecule has 2 atom stereocenters. The summed E-state index contributed by atoms with van der Waals surface area (Å²) in [4.78, 5) is 27.6. The fraction of sp³-hybridized carbons (Fsp3) is 0.308. The van der Waals surface area contributed by atoms with E-state index in [1.165, 1.54) is 16.2 Å². The number of nitrogens with one attached hydrogen (secondary N) is 4. The molecule has 1 aliphatic carbocycles. The molecule has 7 nitrogen and oxygen atoms in total. The smallest absolute Gasteiger partial charge is 0.254 e. The predicted octanol–water partition coefficient (Wildman–Crippen LogP) is 3.81. The summed E-state index contributed by atoms with van der Waals surface area (Å²) < 4.78 is 0. The number of para-hydroxylation sites is 1. The highest BCUT2D eigenvalue weighted by atomic mass is 32.1. The molecule has 2 amide bonds. The number of benzene rings is 2. The van der Waals surface area contributed by atoms with Crippen LogP contribution >= 0.6 is 11.3 Å². The lowest BCUT2D eigenvalue weighted by Gasteiger charge is -2.14. The van der Waals surface area contributed by atoms with Gasteiger partial charge in [0.15, 0.2) is 0 Å². The summed E-state index contributed by atoms with van der Waals surface area (Å²) in [5.41, 5.74) is 9.60. The normalized spacial score (nSPS) is 19.4. The van der Waals surface area contributed by atoms with Crippen molar-refractivity contribution < 1.29 is 14.7 Å². The van der Waals surface area contributed by atoms with Gasteiger partial charge in [-0.2, -0.15) is 0 Å². The van der Waals surface area contributed by atoms with Crippen LogP contribution in [0.1, 0.15) is 57.2 Å². The fourth-order valence-electron chi connectivity index (χ4n) is 4.67. The van der Waals surface area contributed by atoms with Crippen LogP contribution in [0.25, 0.3) is 0 Å². The molecule has 34 heavy (non-hydrogen) atoms. The molecule has 0 saturated carbocycles. The molecule has 0 bridgehead atoms. The first kappa shape index (κ1) is 22.6. The predicted molar refractivity (Wildman–Crippen MR) is 133 cm³/mol. The van der Waals surface area contributed by atoms with Gasteiger partial charge >= 0.3 is 0 Å². The summed E-state index contributed by atoms with van der Waals surface area (Å²) >= 11 is 1.52. The van der Waals surface area contributed by atoms with E-state index >= 15 is 0 Å². The van der Waals surface area contributed by atoms with Crippen LogP contribution in [0, 0.1) is 0 Å². The molecule has 2 aliphatic rings. The van der Waals surface area contributed by atoms with Gasteiger partial charge in [-0.3, -0.25) is 9.59 Å². The lowest BCUT2D eigenvalue weighted by atomic mass is 9.95. The van der Waals surface area contributed by atoms with E-state index in [1.807, 2.05) is 42.5 Å². The van der Waals surface area contributed by atoms with Crippen molar-refractivity contribution >= 4 is 28.2 Å². The van der Waals surface area contributed by atoms with Gasteiger partial charge in [0.25, 0.3) is 5.91 Å². The molecule has 2 aromatic carbocycles. The summed E-state index contributed by atoms with van der Waals surface area (Å²) in [6.07, 6.45) is 4.43. The lowest BCUT2D eigenvalue weighted by molar-refractivity contribution is -0.117. The highest BCUT2D eigenvalue weighted by molar-refractivity contribution is 7.17. The lowest BCUT2D eigenvalue weighted by Crippen LogP contribution is -2.39. The summed E-state index contributed by atoms with van der Waals surface area (Å²) in [5, 5.41) is 16.8. The van der Waals surface area contributed by atoms with Gasteiger partial charge < -0.3 is 15.7 Å². The minimum Gasteiger partial charge on any atom is -0.508 e. The minimum absolute atomic E-state index is 0.150. The highest BCUT2D eigenvalue weighted by Gasteiger charge is 2.33. The second-order valence-corrected chi connectivity index (χ2v) is 9.87. The van der Waals surface area contributed by atoms with Gasteiger partial charge in [0.1, 0.15) is 16.8 Å². The number of phenolic OH excluding ortho intramolecular Hbond substituents is 1. The number of rotatable bonds is 6. The molecule has 2 unspecified atom stereocenters. The van der Waals surface area contributed by atoms with Crippen LogP contribution in [0.4, 0.5) is 5.00 Å². The van der Waals surface area contributed by atoms with Gasteiger partial charge in [-0.25, -0.2) is 10.9 Å². The second-order valence-electron chi connectivity index (χ2n) is 8.76. The van der Waals surface area contributed by atoms with Gasteiger partial charge in [0.05, 0.1) is 11.6 Å². The molecular weight excluding hydrogens is 448 g/mol. The van der Waals surface area contributed by atoms with E-state index in [4.69, 9.17) is 0 Å². The number of amides is 2. The number of aryl methyl sites for hydroxylation is 1. The van der Waals surface area contributed by atoms with Crippen molar-refractivity contribution in [1.29, 1.82) is 0 Å². The van der Waals surface area contributed by atoms with E-state index in [-0.39, 0.29) is 23.6 Å². The number of hydrogen-bond acceptors (Lipinski definition) is 6. The first-order valence-corrected chi connectivity index (χ1v) is 12.5. The Morgan fingerprint density at radius 3 is 2.59 bits per heavy atom. The first-order chi connectivity index (χ1) is 16.6. The van der Waals surface area contributed by atoms with Gasteiger partial charge in [0, 0.05) is 17.0 Å². The van der Waals surface area contributed by atoms with Crippen LogP contribution in [-0.4, -0.2) is 23.0 Å². The number of hydrazine groups is 1. The van der Waals surface area contributed by atoms with Crippen molar-refractivity contribution in [3.63, 3.8) is 0 Å². The van der Waals surface area contributed by atoms with Gasteiger partial charge in [-0.05, 0) is 49.3 Å². The van der Waals surface area contributed by atoms with Crippen LogP contribution in [0.5, 0.6) is 5.75 Å². The maximum absolute atomic E-state index is 13.2. The zero-order chi connectivity index (χ0) is 23.5. The van der Waals surface area contributed by atoms with E-state index in [9.17, 15) is 14.7 Å². The number of carbonyl (C=O) groups is 2. The Hall–Kier alpha value is -3.20. The van der Waals surface area contributed by atoms with Crippen molar-refractivity contribution in [1.82, 2.24) is 16.2 Å². The summed E-state index contributed by atoms with van der Waals surface area (Å²) in [7, 11) is 0. The van der Waals surface area contributed by atoms with E-state index in [0.29, 0.717) is 23.5 Å². The molecule has 1 fully saturated rings. The Morgan fingerprint density at radius 2 is 1.76 bits per heavy atom. The van der Waals surface area contributed by atoms with Gasteiger partial charge in [-0.15, -0.1) is 11.3 Å². The van der Waals surface area contributed by atoms with Crippen molar-refractivity contribution in [2.45, 2.75) is 50.7 Å². The molecule has 1 saturated heterocycles. The third-order valence-corrected chi connectivity index (χ3v) is 7.67. The molecule has 176 valence electrons. The number of carbonyl (C=O) groups excluding carboxylic acids is 2. The maximum atomic E-state index is 13.2. The third kappa shape index (κ3) is 4.70. The molecule has 2 heterocycles. The van der Waals surface area contributed by atoms with Gasteiger partial charge in [-0.1, -0.05) is 48.5 Å². The summed E-state index contributed by atoms with van der Waals surface area (Å²) in [6.45, 7) is 0.439. The average molecular weight is 477 g/mol. The van der Waals surface area contributed by atoms with Crippen LogP contribution in [0.2, 0.25) is 0 Å². The first-order valence-electron chi connectivity index (χ1n) is 11.7. The number of anilines is 1. The van der Waals surface area contributed by atoms with E-state index in [2.05, 4.69) is 21.5 Å². The summed E-state index contributed by atoms with van der Waals surface area (Å²) in [6, 6.07) is 16.3. The Labute approximate surface area is 202 Å². The molecular formula is C26H28N4O3S. The van der Waals surface area contributed by atoms with E-state index < -0.39 is 6.04 Å². The van der Waals surface area contributed by atoms with Gasteiger partial charge in [0.2, 0.25) is 5.91 Å². The number of fused-ring (bicyclic) bond motifs is 1. The quantitative estimate of drug-likeness (QED) is 0.372. The SMILES string of the molecule is O=C(NCc1ccccc1)c1c(NC(=O)C2CC(c3ccccc3O)NN2)sc2c1CCCC2. The molecule has 5 rings (SSSR count). The van der Waals surface area contributed by atoms with Crippen LogP contribution in [0.15, 0.2) is 54.6 Å². The van der Waals surface area contributed by atoms with Crippen molar-refractivity contribution in [3.8, 4) is 5.75 Å². The second kappa shape index (κ2) is 9.97. The Balaban J connectivity index is 1.31. The fourth-order valence-corrected chi connectivity index (χ4v) is 5.96. The van der Waals surface area contributed by atoms with E-state index in [1.54, 1.807) is 12.1 Å².